The van der Waals surface area contributed by atoms with Crippen LogP contribution in [0.5, 0.6) is 0 Å². The van der Waals surface area contributed by atoms with Crippen molar-refractivity contribution >= 4 is 28.2 Å². The van der Waals surface area contributed by atoms with Crippen LogP contribution in [0.3, 0.4) is 0 Å². The van der Waals surface area contributed by atoms with E-state index in [1.54, 1.807) is 24.5 Å². The number of hydrogen-bond donors (Lipinski definition) is 1. The molecule has 4 aromatic rings. The number of Topliss-reactive ketones (excluding diaryl/α,β-unsaturated/α-hetero) is 1. The van der Waals surface area contributed by atoms with Gasteiger partial charge in [-0.05, 0) is 54.6 Å². The predicted octanol–water partition coefficient (Wildman–Crippen LogP) is 3.59. The largest absolute Gasteiger partial charge is 0.399 e. The molecule has 7 nitrogen and oxygen atoms in total. The molecule has 0 atom stereocenters. The molecule has 2 N–H and O–H groups in total. The van der Waals surface area contributed by atoms with E-state index < -0.39 is 5.82 Å². The van der Waals surface area contributed by atoms with Crippen LogP contribution in [0.15, 0.2) is 60.9 Å². The summed E-state index contributed by atoms with van der Waals surface area (Å²) in [5, 5.41) is 0.839. The summed E-state index contributed by atoms with van der Waals surface area (Å²) in [6.45, 7) is 3.70. The Bertz CT molecular complexity index is 1350. The minimum Gasteiger partial charge on any atom is -0.399 e. The van der Waals surface area contributed by atoms with E-state index in [1.165, 1.54) is 12.1 Å². The lowest BCUT2D eigenvalue weighted by Crippen LogP contribution is -2.44. The van der Waals surface area contributed by atoms with Crippen LogP contribution < -0.4 is 10.6 Å². The highest BCUT2D eigenvalue weighted by Gasteiger charge is 2.17. The number of nitrogen functional groups attached to an aromatic ring is 1. The van der Waals surface area contributed by atoms with Gasteiger partial charge in [0.1, 0.15) is 17.5 Å². The molecule has 1 saturated heterocycles. The third-order valence-electron chi connectivity index (χ3n) is 6.10. The zero-order chi connectivity index (χ0) is 23.7. The number of pyridine rings is 1. The summed E-state index contributed by atoms with van der Waals surface area (Å²) in [4.78, 5) is 30.9. The second-order valence-electron chi connectivity index (χ2n) is 8.63. The van der Waals surface area contributed by atoms with E-state index in [1.807, 2.05) is 24.3 Å². The highest BCUT2D eigenvalue weighted by molar-refractivity contribution is 5.98. The van der Waals surface area contributed by atoms with Gasteiger partial charge in [0.15, 0.2) is 5.78 Å². The summed E-state index contributed by atoms with van der Waals surface area (Å²) in [5.74, 6) is 0.798. The smallest absolute Gasteiger partial charge is 0.170 e. The Morgan fingerprint density at radius 1 is 1.00 bits per heavy atom. The third kappa shape index (κ3) is 4.72. The first-order valence-corrected chi connectivity index (χ1v) is 11.2. The summed E-state index contributed by atoms with van der Waals surface area (Å²) >= 11 is 0. The lowest BCUT2D eigenvalue weighted by Gasteiger charge is -2.33. The van der Waals surface area contributed by atoms with E-state index in [-0.39, 0.29) is 12.2 Å². The third-order valence-corrected chi connectivity index (χ3v) is 6.10. The molecule has 0 radical (unpaired) electrons. The number of aromatic nitrogens is 3. The number of carbonyl (C=O) groups is 1. The number of carbonyl (C=O) groups excluding carboxylic acids is 1. The Hall–Kier alpha value is -3.91. The lowest BCUT2D eigenvalue weighted by atomic mass is 10.0. The highest BCUT2D eigenvalue weighted by Crippen LogP contribution is 2.26. The minimum atomic E-state index is -0.391. The monoisotopic (exact) mass is 456 g/mol. The van der Waals surface area contributed by atoms with Gasteiger partial charge in [-0.25, -0.2) is 19.3 Å². The molecule has 3 heterocycles. The Morgan fingerprint density at radius 2 is 1.82 bits per heavy atom. The Balaban J connectivity index is 1.37. The maximum atomic E-state index is 13.8. The molecule has 0 amide bonds. The van der Waals surface area contributed by atoms with Gasteiger partial charge in [-0.2, -0.15) is 0 Å². The molecule has 172 valence electrons. The molecule has 34 heavy (non-hydrogen) atoms. The van der Waals surface area contributed by atoms with Gasteiger partial charge in [-0.1, -0.05) is 12.1 Å². The van der Waals surface area contributed by atoms with Crippen LogP contribution in [-0.4, -0.2) is 58.9 Å². The van der Waals surface area contributed by atoms with Crippen LogP contribution in [0.2, 0.25) is 0 Å². The Labute approximate surface area is 197 Å². The molecule has 5 rings (SSSR count). The van der Waals surface area contributed by atoms with E-state index in [4.69, 9.17) is 5.73 Å². The van der Waals surface area contributed by atoms with Crippen molar-refractivity contribution < 1.29 is 9.18 Å². The summed E-state index contributed by atoms with van der Waals surface area (Å²) in [6, 6.07) is 13.6. The zero-order valence-corrected chi connectivity index (χ0v) is 18.9. The van der Waals surface area contributed by atoms with Crippen molar-refractivity contribution in [3.63, 3.8) is 0 Å². The molecular weight excluding hydrogens is 431 g/mol. The number of likely N-dealkylation sites (N-methyl/N-ethyl adjacent to an activating group) is 1. The van der Waals surface area contributed by atoms with Crippen molar-refractivity contribution in [3.05, 3.63) is 78.1 Å². The van der Waals surface area contributed by atoms with Crippen LogP contribution >= 0.6 is 0 Å². The van der Waals surface area contributed by atoms with Crippen LogP contribution in [-0.2, 0) is 6.42 Å². The molecule has 0 aliphatic carbocycles. The van der Waals surface area contributed by atoms with Gasteiger partial charge in [0.05, 0.1) is 11.9 Å². The molecule has 2 aromatic heterocycles. The second kappa shape index (κ2) is 9.15. The molecule has 0 spiro atoms. The number of fused-ring (bicyclic) bond motifs is 1. The SMILES string of the molecule is CN1CCN(c2cc(C(=O)Cc3ncc4ccc(-c5cc(N)cc(F)c5)cc4n3)ccn2)CC1. The number of ketones is 1. The van der Waals surface area contributed by atoms with Crippen LogP contribution in [0, 0.1) is 5.82 Å². The summed E-state index contributed by atoms with van der Waals surface area (Å²) in [5.41, 5.74) is 8.90. The van der Waals surface area contributed by atoms with Gasteiger partial charge in [0.2, 0.25) is 0 Å². The van der Waals surface area contributed by atoms with Crippen LogP contribution in [0.1, 0.15) is 16.2 Å². The van der Waals surface area contributed by atoms with Crippen molar-refractivity contribution in [2.75, 3.05) is 43.9 Å². The first-order valence-electron chi connectivity index (χ1n) is 11.2. The summed E-state index contributed by atoms with van der Waals surface area (Å²) in [6.07, 6.45) is 3.47. The maximum absolute atomic E-state index is 13.8. The standard InChI is InChI=1S/C26H25FN6O/c1-32-6-8-33(9-7-32)26-13-18(4-5-29-26)24(34)15-25-30-16-19-3-2-17(12-23(19)31-25)20-10-21(27)14-22(28)11-20/h2-5,10-14,16H,6-9,15,28H2,1H3. The van der Waals surface area contributed by atoms with Crippen molar-refractivity contribution in [3.8, 4) is 11.1 Å². The topological polar surface area (TPSA) is 88.2 Å². The van der Waals surface area contributed by atoms with Crippen molar-refractivity contribution in [1.29, 1.82) is 0 Å². The number of benzene rings is 2. The number of nitrogens with two attached hydrogens (primary N) is 1. The molecule has 1 fully saturated rings. The summed E-state index contributed by atoms with van der Waals surface area (Å²) in [7, 11) is 2.10. The van der Waals surface area contributed by atoms with Crippen molar-refractivity contribution in [2.45, 2.75) is 6.42 Å². The minimum absolute atomic E-state index is 0.0637. The normalized spacial score (nSPS) is 14.5. The van der Waals surface area contributed by atoms with E-state index in [2.05, 4.69) is 31.8 Å². The number of anilines is 2. The van der Waals surface area contributed by atoms with E-state index in [0.29, 0.717) is 28.2 Å². The van der Waals surface area contributed by atoms with Gasteiger partial charge in [0.25, 0.3) is 0 Å². The maximum Gasteiger partial charge on any atom is 0.170 e. The van der Waals surface area contributed by atoms with Gasteiger partial charge < -0.3 is 15.5 Å². The fraction of sp³-hybridized carbons (Fsp3) is 0.231. The van der Waals surface area contributed by atoms with Gasteiger partial charge in [0, 0.05) is 55.2 Å². The number of piperazine rings is 1. The van der Waals surface area contributed by atoms with Gasteiger partial charge in [-0.3, -0.25) is 4.79 Å². The molecule has 8 heteroatoms. The molecular formula is C26H25FN6O. The molecule has 1 aliphatic heterocycles. The molecule has 0 saturated carbocycles. The quantitative estimate of drug-likeness (QED) is 0.363. The highest BCUT2D eigenvalue weighted by atomic mass is 19.1. The lowest BCUT2D eigenvalue weighted by molar-refractivity contribution is 0.0991. The van der Waals surface area contributed by atoms with Gasteiger partial charge >= 0.3 is 0 Å². The zero-order valence-electron chi connectivity index (χ0n) is 18.9. The number of rotatable bonds is 5. The van der Waals surface area contributed by atoms with Crippen LogP contribution in [0.4, 0.5) is 15.9 Å². The fourth-order valence-electron chi connectivity index (χ4n) is 4.15. The predicted molar refractivity (Wildman–Crippen MR) is 131 cm³/mol. The molecule has 0 unspecified atom stereocenters. The summed E-state index contributed by atoms with van der Waals surface area (Å²) < 4.78 is 13.8. The fourth-order valence-corrected chi connectivity index (χ4v) is 4.15. The first-order chi connectivity index (χ1) is 16.4. The van der Waals surface area contributed by atoms with E-state index in [0.717, 1.165) is 42.9 Å². The number of nitrogens with zero attached hydrogens (tertiary/aromatic N) is 5. The molecule has 1 aliphatic rings. The number of hydrogen-bond acceptors (Lipinski definition) is 7. The van der Waals surface area contributed by atoms with Gasteiger partial charge in [-0.15, -0.1) is 0 Å². The van der Waals surface area contributed by atoms with Crippen LogP contribution in [0.25, 0.3) is 22.0 Å². The Kier molecular flexibility index (Phi) is 5.90. The van der Waals surface area contributed by atoms with E-state index in [9.17, 15) is 9.18 Å². The number of halogens is 1. The van der Waals surface area contributed by atoms with E-state index >= 15 is 0 Å². The van der Waals surface area contributed by atoms with Crippen molar-refractivity contribution in [2.24, 2.45) is 0 Å². The average Bonchev–Trinajstić information content (AvgIpc) is 2.83. The molecule has 0 bridgehead atoms. The first kappa shape index (κ1) is 21.9. The second-order valence-corrected chi connectivity index (χ2v) is 8.63. The molecule has 2 aromatic carbocycles. The average molecular weight is 457 g/mol. The Morgan fingerprint density at radius 3 is 2.62 bits per heavy atom. The van der Waals surface area contributed by atoms with Crippen molar-refractivity contribution in [1.82, 2.24) is 19.9 Å².